The number of piperidine rings is 1. The van der Waals surface area contributed by atoms with Crippen LogP contribution in [0.4, 0.5) is 35.9 Å². The van der Waals surface area contributed by atoms with Gasteiger partial charge in [0.2, 0.25) is 0 Å². The number of fused-ring (bicyclic) bond motifs is 1. The number of carbonyl (C=O) groups excluding carboxylic acids is 1. The Labute approximate surface area is 248 Å². The number of nitrogens with one attached hydrogen (secondary N) is 5. The van der Waals surface area contributed by atoms with Gasteiger partial charge in [0, 0.05) is 54.0 Å². The molecule has 0 aliphatic carbocycles. The van der Waals surface area contributed by atoms with E-state index in [9.17, 15) is 18.0 Å². The fourth-order valence-electron chi connectivity index (χ4n) is 4.97. The number of ether oxygens (including phenoxy) is 1. The number of anilines is 4. The van der Waals surface area contributed by atoms with Crippen LogP contribution in [-0.4, -0.2) is 67.2 Å². The molecule has 3 heterocycles. The van der Waals surface area contributed by atoms with E-state index in [4.69, 9.17) is 4.74 Å². The standard InChI is InChI=1S/C31H36F3N7O2/c1-19-4-5-21(39-22-14-20(31(32,33)34)15-24(16-22)43-23-6-9-35-10-7-23)17-27(19)40-30(42)26-18-38-29-25(8-11-37-29)28(26)36-12-13-41(2)3/h4-5,8,11,14-18,23,35,39H,6-7,9-10,12-13H2,1-3H3,(H,40,42)(H2,36,37,38). The zero-order chi connectivity index (χ0) is 30.6. The van der Waals surface area contributed by atoms with Crippen molar-refractivity contribution >= 4 is 39.7 Å². The lowest BCUT2D eigenvalue weighted by atomic mass is 10.1. The van der Waals surface area contributed by atoms with Crippen LogP contribution in [-0.2, 0) is 6.18 Å². The highest BCUT2D eigenvalue weighted by Gasteiger charge is 2.32. The molecule has 0 atom stereocenters. The average Bonchev–Trinajstić information content (AvgIpc) is 3.44. The number of amides is 1. The third kappa shape index (κ3) is 7.57. The first-order chi connectivity index (χ1) is 20.6. The van der Waals surface area contributed by atoms with Crippen molar-refractivity contribution in [2.75, 3.05) is 56.2 Å². The second kappa shape index (κ2) is 12.9. The maximum atomic E-state index is 13.8. The molecule has 5 N–H and O–H groups in total. The van der Waals surface area contributed by atoms with E-state index in [1.807, 2.05) is 32.0 Å². The topological polar surface area (TPSA) is 106 Å². The Hall–Kier alpha value is -4.29. The van der Waals surface area contributed by atoms with Gasteiger partial charge in [-0.15, -0.1) is 0 Å². The highest BCUT2D eigenvalue weighted by atomic mass is 19.4. The SMILES string of the molecule is Cc1ccc(Nc2cc(OC3CCNCC3)cc(C(F)(F)F)c2)cc1NC(=O)c1cnc2[nH]ccc2c1NCCN(C)C. The molecule has 1 saturated heterocycles. The highest BCUT2D eigenvalue weighted by Crippen LogP contribution is 2.36. The van der Waals surface area contributed by atoms with E-state index >= 15 is 0 Å². The summed E-state index contributed by atoms with van der Waals surface area (Å²) in [4.78, 5) is 23.0. The average molecular weight is 596 g/mol. The first-order valence-corrected chi connectivity index (χ1v) is 14.2. The van der Waals surface area contributed by atoms with E-state index in [-0.39, 0.29) is 23.4 Å². The second-order valence-corrected chi connectivity index (χ2v) is 10.9. The van der Waals surface area contributed by atoms with Crippen LogP contribution in [0.3, 0.4) is 0 Å². The summed E-state index contributed by atoms with van der Waals surface area (Å²) in [6, 6.07) is 10.8. The molecular formula is C31H36F3N7O2. The van der Waals surface area contributed by atoms with E-state index < -0.39 is 11.7 Å². The highest BCUT2D eigenvalue weighted by molar-refractivity contribution is 6.12. The van der Waals surface area contributed by atoms with Crippen LogP contribution in [0.25, 0.3) is 11.0 Å². The van der Waals surface area contributed by atoms with Gasteiger partial charge < -0.3 is 35.9 Å². The van der Waals surface area contributed by atoms with Crippen molar-refractivity contribution in [3.05, 3.63) is 71.5 Å². The Bertz CT molecular complexity index is 1580. The van der Waals surface area contributed by atoms with E-state index in [1.54, 1.807) is 30.5 Å². The van der Waals surface area contributed by atoms with Gasteiger partial charge in [-0.3, -0.25) is 4.79 Å². The zero-order valence-corrected chi connectivity index (χ0v) is 24.4. The van der Waals surface area contributed by atoms with Crippen LogP contribution in [0.5, 0.6) is 5.75 Å². The molecule has 2 aromatic heterocycles. The molecule has 9 nitrogen and oxygen atoms in total. The fourth-order valence-corrected chi connectivity index (χ4v) is 4.97. The molecule has 5 rings (SSSR count). The quantitative estimate of drug-likeness (QED) is 0.153. The summed E-state index contributed by atoms with van der Waals surface area (Å²) in [6.07, 6.45) is 0.0472. The number of hydrogen-bond donors (Lipinski definition) is 5. The van der Waals surface area contributed by atoms with Gasteiger partial charge in [0.15, 0.2) is 0 Å². The monoisotopic (exact) mass is 595 g/mol. The van der Waals surface area contributed by atoms with E-state index in [0.29, 0.717) is 34.8 Å². The number of nitrogens with zero attached hydrogens (tertiary/aromatic N) is 2. The fraction of sp³-hybridized carbons (Fsp3) is 0.355. The van der Waals surface area contributed by atoms with Gasteiger partial charge in [0.25, 0.3) is 5.91 Å². The number of alkyl halides is 3. The molecule has 1 amide bonds. The number of likely N-dealkylation sites (N-methyl/N-ethyl adjacent to an activating group) is 1. The third-order valence-electron chi connectivity index (χ3n) is 7.29. The third-order valence-corrected chi connectivity index (χ3v) is 7.29. The largest absolute Gasteiger partial charge is 0.490 e. The van der Waals surface area contributed by atoms with Crippen molar-refractivity contribution in [3.63, 3.8) is 0 Å². The van der Waals surface area contributed by atoms with Crippen molar-refractivity contribution in [3.8, 4) is 5.75 Å². The van der Waals surface area contributed by atoms with Gasteiger partial charge >= 0.3 is 6.18 Å². The smallest absolute Gasteiger partial charge is 0.416 e. The molecule has 1 aliphatic heterocycles. The molecule has 0 saturated carbocycles. The minimum absolute atomic E-state index is 0.152. The number of H-pyrrole nitrogens is 1. The van der Waals surface area contributed by atoms with E-state index in [2.05, 4.69) is 31.2 Å². The molecular weight excluding hydrogens is 559 g/mol. The van der Waals surface area contributed by atoms with Gasteiger partial charge in [-0.2, -0.15) is 13.2 Å². The Balaban J connectivity index is 1.38. The number of aromatic nitrogens is 2. The zero-order valence-electron chi connectivity index (χ0n) is 24.4. The molecule has 0 spiro atoms. The van der Waals surface area contributed by atoms with Crippen LogP contribution in [0.15, 0.2) is 54.9 Å². The number of aromatic amines is 1. The summed E-state index contributed by atoms with van der Waals surface area (Å²) in [6.45, 7) is 4.75. The number of pyridine rings is 1. The Morgan fingerprint density at radius 2 is 1.88 bits per heavy atom. The lowest BCUT2D eigenvalue weighted by Gasteiger charge is -2.24. The molecule has 4 aromatic rings. The van der Waals surface area contributed by atoms with Gasteiger partial charge in [0.1, 0.15) is 17.5 Å². The van der Waals surface area contributed by atoms with E-state index in [0.717, 1.165) is 55.6 Å². The normalized spacial score (nSPS) is 14.2. The lowest BCUT2D eigenvalue weighted by molar-refractivity contribution is -0.137. The van der Waals surface area contributed by atoms with Crippen LogP contribution in [0.2, 0.25) is 0 Å². The minimum atomic E-state index is -4.54. The first-order valence-electron chi connectivity index (χ1n) is 14.2. The number of aryl methyl sites for hydroxylation is 1. The Kier molecular flexibility index (Phi) is 9.07. The van der Waals surface area contributed by atoms with Crippen LogP contribution >= 0.6 is 0 Å². The molecule has 43 heavy (non-hydrogen) atoms. The maximum absolute atomic E-state index is 13.8. The number of hydrogen-bond acceptors (Lipinski definition) is 7. The predicted molar refractivity (Wildman–Crippen MR) is 164 cm³/mol. The van der Waals surface area contributed by atoms with Gasteiger partial charge in [-0.05, 0) is 82.8 Å². The molecule has 0 radical (unpaired) electrons. The number of rotatable bonds is 10. The van der Waals surface area contributed by atoms with Gasteiger partial charge in [0.05, 0.1) is 16.8 Å². The van der Waals surface area contributed by atoms with Gasteiger partial charge in [-0.25, -0.2) is 4.98 Å². The molecule has 0 bridgehead atoms. The molecule has 1 fully saturated rings. The molecule has 1 aliphatic rings. The molecule has 0 unspecified atom stereocenters. The number of carbonyl (C=O) groups is 1. The van der Waals surface area contributed by atoms with Crippen molar-refractivity contribution in [2.45, 2.75) is 32.0 Å². The van der Waals surface area contributed by atoms with Crippen LogP contribution in [0, 0.1) is 6.92 Å². The van der Waals surface area contributed by atoms with Crippen molar-refractivity contribution in [2.24, 2.45) is 0 Å². The summed E-state index contributed by atoms with van der Waals surface area (Å²) in [5, 5.41) is 13.4. The van der Waals surface area contributed by atoms with Crippen LogP contribution < -0.4 is 26.0 Å². The Morgan fingerprint density at radius 3 is 2.63 bits per heavy atom. The van der Waals surface area contributed by atoms with Crippen molar-refractivity contribution in [1.29, 1.82) is 0 Å². The summed E-state index contributed by atoms with van der Waals surface area (Å²) >= 11 is 0. The van der Waals surface area contributed by atoms with E-state index in [1.165, 1.54) is 6.20 Å². The summed E-state index contributed by atoms with van der Waals surface area (Å²) in [5.41, 5.74) is 2.95. The number of halogens is 3. The maximum Gasteiger partial charge on any atom is 0.416 e. The molecule has 12 heteroatoms. The summed E-state index contributed by atoms with van der Waals surface area (Å²) < 4.78 is 47.2. The lowest BCUT2D eigenvalue weighted by Crippen LogP contribution is -2.34. The first kappa shape index (κ1) is 30.2. The molecule has 2 aromatic carbocycles. The van der Waals surface area contributed by atoms with Crippen molar-refractivity contribution in [1.82, 2.24) is 20.2 Å². The Morgan fingerprint density at radius 1 is 1.09 bits per heavy atom. The predicted octanol–water partition coefficient (Wildman–Crippen LogP) is 5.99. The summed E-state index contributed by atoms with van der Waals surface area (Å²) in [7, 11) is 3.94. The summed E-state index contributed by atoms with van der Waals surface area (Å²) in [5.74, 6) is -0.202. The number of benzene rings is 2. The molecule has 228 valence electrons. The van der Waals surface area contributed by atoms with Gasteiger partial charge in [-0.1, -0.05) is 6.07 Å². The minimum Gasteiger partial charge on any atom is -0.490 e. The second-order valence-electron chi connectivity index (χ2n) is 10.9. The van der Waals surface area contributed by atoms with Crippen molar-refractivity contribution < 1.29 is 22.7 Å². The van der Waals surface area contributed by atoms with Crippen LogP contribution in [0.1, 0.15) is 34.3 Å².